The van der Waals surface area contributed by atoms with Gasteiger partial charge in [0, 0.05) is 6.26 Å². The van der Waals surface area contributed by atoms with E-state index in [0.29, 0.717) is 6.42 Å². The van der Waals surface area contributed by atoms with Gasteiger partial charge in [-0.1, -0.05) is 31.2 Å². The molecule has 0 radical (unpaired) electrons. The van der Waals surface area contributed by atoms with Crippen LogP contribution in [0.15, 0.2) is 53.4 Å². The van der Waals surface area contributed by atoms with Crippen LogP contribution in [0.25, 0.3) is 0 Å². The van der Waals surface area contributed by atoms with Crippen molar-refractivity contribution in [2.24, 2.45) is 0 Å². The molecule has 0 aromatic heterocycles. The highest BCUT2D eigenvalue weighted by Crippen LogP contribution is 2.20. The molecule has 0 saturated carbocycles. The Hall–Kier alpha value is -2.41. The number of hydrogen-bond acceptors (Lipinski definition) is 4. The van der Waals surface area contributed by atoms with Gasteiger partial charge in [0.05, 0.1) is 10.9 Å². The summed E-state index contributed by atoms with van der Waals surface area (Å²) in [6, 6.07) is 11.9. The Kier molecular flexibility index (Phi) is 6.37. The molecule has 0 saturated heterocycles. The average Bonchev–Trinajstić information content (AvgIpc) is 2.60. The molecule has 1 N–H and O–H groups in total. The number of carbonyl (C=O) groups excluding carboxylic acids is 1. The molecule has 2 atom stereocenters. The number of ether oxygens (including phenoxy) is 1. The van der Waals surface area contributed by atoms with E-state index in [1.807, 2.05) is 0 Å². The molecule has 0 fully saturated rings. The van der Waals surface area contributed by atoms with Gasteiger partial charge in [0.2, 0.25) is 0 Å². The van der Waals surface area contributed by atoms with Crippen LogP contribution in [0.4, 0.5) is 4.39 Å². The molecule has 2 rings (SSSR count). The van der Waals surface area contributed by atoms with Crippen molar-refractivity contribution < 1.29 is 22.3 Å². The molecule has 0 spiro atoms. The van der Waals surface area contributed by atoms with Crippen LogP contribution in [0.3, 0.4) is 0 Å². The van der Waals surface area contributed by atoms with E-state index in [1.54, 1.807) is 38.1 Å². The Morgan fingerprint density at radius 1 is 1.15 bits per heavy atom. The first kappa shape index (κ1) is 19.9. The van der Waals surface area contributed by atoms with E-state index >= 15 is 0 Å². The highest BCUT2D eigenvalue weighted by molar-refractivity contribution is 7.90. The summed E-state index contributed by atoms with van der Waals surface area (Å²) in [5.41, 5.74) is 0.756. The van der Waals surface area contributed by atoms with Crippen LogP contribution in [0.5, 0.6) is 5.75 Å². The van der Waals surface area contributed by atoms with Crippen LogP contribution in [0.1, 0.15) is 31.9 Å². The SMILES string of the molecule is CC[C@@H](Oc1ccccc1F)C(=O)N[C@H](C)c1ccc(S(C)(=O)=O)cc1. The number of para-hydroxylation sites is 1. The van der Waals surface area contributed by atoms with Gasteiger partial charge in [-0.25, -0.2) is 12.8 Å². The number of halogens is 1. The normalized spacial score (nSPS) is 13.7. The second kappa shape index (κ2) is 8.31. The van der Waals surface area contributed by atoms with Crippen LogP contribution in [0, 0.1) is 5.82 Å². The standard InChI is InChI=1S/C19H22FNO4S/c1-4-17(25-18-8-6-5-7-16(18)20)19(22)21-13(2)14-9-11-15(12-10-14)26(3,23)24/h5-13,17H,4H2,1-3H3,(H,21,22)/t13-,17-/m1/s1. The minimum absolute atomic E-state index is 0.0275. The van der Waals surface area contributed by atoms with Gasteiger partial charge in [-0.15, -0.1) is 0 Å². The van der Waals surface area contributed by atoms with Gasteiger partial charge in [-0.3, -0.25) is 4.79 Å². The molecule has 0 aliphatic carbocycles. The third-order valence-electron chi connectivity index (χ3n) is 3.94. The van der Waals surface area contributed by atoms with E-state index in [4.69, 9.17) is 4.74 Å². The maximum absolute atomic E-state index is 13.7. The largest absolute Gasteiger partial charge is 0.478 e. The van der Waals surface area contributed by atoms with Crippen LogP contribution < -0.4 is 10.1 Å². The van der Waals surface area contributed by atoms with E-state index in [9.17, 15) is 17.6 Å². The van der Waals surface area contributed by atoms with Crippen molar-refractivity contribution in [2.45, 2.75) is 37.3 Å². The summed E-state index contributed by atoms with van der Waals surface area (Å²) in [6.07, 6.45) is 0.684. The fourth-order valence-electron chi connectivity index (χ4n) is 2.41. The number of hydrogen-bond donors (Lipinski definition) is 1. The van der Waals surface area contributed by atoms with E-state index in [2.05, 4.69) is 5.32 Å². The van der Waals surface area contributed by atoms with Crippen LogP contribution in [-0.4, -0.2) is 26.7 Å². The molecule has 0 aliphatic rings. The molecule has 26 heavy (non-hydrogen) atoms. The monoisotopic (exact) mass is 379 g/mol. The number of nitrogens with one attached hydrogen (secondary N) is 1. The van der Waals surface area contributed by atoms with Gasteiger partial charge in [0.25, 0.3) is 5.91 Å². The maximum Gasteiger partial charge on any atom is 0.261 e. The van der Waals surface area contributed by atoms with Crippen LogP contribution in [-0.2, 0) is 14.6 Å². The lowest BCUT2D eigenvalue weighted by Crippen LogP contribution is -2.39. The Bertz CT molecular complexity index is 865. The summed E-state index contributed by atoms with van der Waals surface area (Å²) in [7, 11) is -3.27. The lowest BCUT2D eigenvalue weighted by molar-refractivity contribution is -0.128. The zero-order valence-electron chi connectivity index (χ0n) is 14.9. The predicted octanol–water partition coefficient (Wildman–Crippen LogP) is 3.26. The molecule has 7 heteroatoms. The molecule has 1 amide bonds. The molecule has 0 bridgehead atoms. The molecule has 5 nitrogen and oxygen atoms in total. The van der Waals surface area contributed by atoms with Crippen molar-refractivity contribution in [1.29, 1.82) is 0 Å². The van der Waals surface area contributed by atoms with Crippen molar-refractivity contribution in [1.82, 2.24) is 5.32 Å². The van der Waals surface area contributed by atoms with Gasteiger partial charge in [-0.2, -0.15) is 0 Å². The summed E-state index contributed by atoms with van der Waals surface area (Å²) < 4.78 is 42.2. The first-order valence-corrected chi connectivity index (χ1v) is 10.1. The summed E-state index contributed by atoms with van der Waals surface area (Å²) in [4.78, 5) is 12.7. The molecule has 0 aliphatic heterocycles. The van der Waals surface area contributed by atoms with Gasteiger partial charge >= 0.3 is 0 Å². The summed E-state index contributed by atoms with van der Waals surface area (Å²) in [5, 5.41) is 2.81. The lowest BCUT2D eigenvalue weighted by atomic mass is 10.1. The Morgan fingerprint density at radius 3 is 2.31 bits per heavy atom. The molecular formula is C19H22FNO4S. The minimum Gasteiger partial charge on any atom is -0.478 e. The zero-order chi connectivity index (χ0) is 19.3. The van der Waals surface area contributed by atoms with Crippen molar-refractivity contribution in [2.75, 3.05) is 6.26 Å². The van der Waals surface area contributed by atoms with Gasteiger partial charge in [0.1, 0.15) is 0 Å². The first-order chi connectivity index (χ1) is 12.2. The van der Waals surface area contributed by atoms with Gasteiger partial charge < -0.3 is 10.1 Å². The number of rotatable bonds is 7. The van der Waals surface area contributed by atoms with Gasteiger partial charge in [0.15, 0.2) is 27.5 Å². The third-order valence-corrected chi connectivity index (χ3v) is 5.06. The topological polar surface area (TPSA) is 72.5 Å². The second-order valence-electron chi connectivity index (χ2n) is 6.02. The molecular weight excluding hydrogens is 357 g/mol. The number of benzene rings is 2. The minimum atomic E-state index is -3.27. The second-order valence-corrected chi connectivity index (χ2v) is 8.03. The van der Waals surface area contributed by atoms with Crippen molar-refractivity contribution in [3.8, 4) is 5.75 Å². The van der Waals surface area contributed by atoms with Crippen molar-refractivity contribution in [3.05, 3.63) is 59.9 Å². The Balaban J connectivity index is 2.06. The highest BCUT2D eigenvalue weighted by Gasteiger charge is 2.22. The molecule has 140 valence electrons. The molecule has 2 aromatic rings. The Labute approximate surface area is 153 Å². The Morgan fingerprint density at radius 2 is 1.77 bits per heavy atom. The maximum atomic E-state index is 13.7. The molecule has 0 unspecified atom stereocenters. The number of carbonyl (C=O) groups is 1. The number of amides is 1. The fraction of sp³-hybridized carbons (Fsp3) is 0.316. The fourth-order valence-corrected chi connectivity index (χ4v) is 3.04. The van der Waals surface area contributed by atoms with Crippen molar-refractivity contribution in [3.63, 3.8) is 0 Å². The highest BCUT2D eigenvalue weighted by atomic mass is 32.2. The average molecular weight is 379 g/mol. The summed E-state index contributed by atoms with van der Waals surface area (Å²) in [6.45, 7) is 3.56. The number of sulfone groups is 1. The molecule has 2 aromatic carbocycles. The van der Waals surface area contributed by atoms with Crippen LogP contribution >= 0.6 is 0 Å². The first-order valence-electron chi connectivity index (χ1n) is 8.24. The summed E-state index contributed by atoms with van der Waals surface area (Å²) >= 11 is 0. The zero-order valence-corrected chi connectivity index (χ0v) is 15.7. The van der Waals surface area contributed by atoms with E-state index in [1.165, 1.54) is 24.3 Å². The predicted molar refractivity (Wildman–Crippen MR) is 97.2 cm³/mol. The van der Waals surface area contributed by atoms with E-state index in [-0.39, 0.29) is 22.6 Å². The van der Waals surface area contributed by atoms with E-state index < -0.39 is 21.8 Å². The van der Waals surface area contributed by atoms with Crippen molar-refractivity contribution >= 4 is 15.7 Å². The smallest absolute Gasteiger partial charge is 0.261 e. The van der Waals surface area contributed by atoms with E-state index in [0.717, 1.165) is 11.8 Å². The van der Waals surface area contributed by atoms with Crippen LogP contribution in [0.2, 0.25) is 0 Å². The lowest BCUT2D eigenvalue weighted by Gasteiger charge is -2.21. The van der Waals surface area contributed by atoms with Gasteiger partial charge in [-0.05, 0) is 43.2 Å². The third kappa shape index (κ3) is 5.05. The summed E-state index contributed by atoms with van der Waals surface area (Å²) in [5.74, 6) is -0.863. The molecule has 0 heterocycles. The quantitative estimate of drug-likeness (QED) is 0.801.